The molecule has 0 aromatic carbocycles. The lowest BCUT2D eigenvalue weighted by atomic mass is 10.1. The van der Waals surface area contributed by atoms with Gasteiger partial charge in [-0.15, -0.1) is 5.10 Å². The van der Waals surface area contributed by atoms with Crippen molar-refractivity contribution in [2.24, 2.45) is 7.05 Å². The summed E-state index contributed by atoms with van der Waals surface area (Å²) in [4.78, 5) is 0. The van der Waals surface area contributed by atoms with Gasteiger partial charge in [-0.3, -0.25) is 4.68 Å². The molecule has 0 saturated heterocycles. The molecule has 1 aliphatic carbocycles. The zero-order valence-electron chi connectivity index (χ0n) is 10.1. The number of nitrogens with zero attached hydrogens (tertiary/aromatic N) is 3. The van der Waals surface area contributed by atoms with E-state index in [2.05, 4.69) is 21.9 Å². The van der Waals surface area contributed by atoms with Crippen molar-refractivity contribution in [3.8, 4) is 0 Å². The summed E-state index contributed by atoms with van der Waals surface area (Å²) in [5.41, 5.74) is 1.15. The van der Waals surface area contributed by atoms with Crippen molar-refractivity contribution in [3.63, 3.8) is 0 Å². The summed E-state index contributed by atoms with van der Waals surface area (Å²) < 4.78 is 2.30. The Morgan fingerprint density at radius 1 is 1.50 bits per heavy atom. The van der Waals surface area contributed by atoms with Gasteiger partial charge in [0.1, 0.15) is 0 Å². The molecule has 1 fully saturated rings. The van der Waals surface area contributed by atoms with Crippen LogP contribution in [0.5, 0.6) is 0 Å². The lowest BCUT2D eigenvalue weighted by molar-refractivity contribution is 0.521. The second kappa shape index (κ2) is 5.19. The summed E-state index contributed by atoms with van der Waals surface area (Å²) in [6, 6.07) is 0. The molecule has 1 aromatic heterocycles. The Kier molecular flexibility index (Phi) is 3.86. The smallest absolute Gasteiger partial charge is 0.0738 e. The van der Waals surface area contributed by atoms with Crippen molar-refractivity contribution in [1.29, 1.82) is 0 Å². The molecule has 4 nitrogen and oxygen atoms in total. The van der Waals surface area contributed by atoms with Crippen LogP contribution in [0.1, 0.15) is 31.4 Å². The second-order valence-electron chi connectivity index (χ2n) is 4.55. The molecule has 0 bridgehead atoms. The summed E-state index contributed by atoms with van der Waals surface area (Å²) >= 11 is 2.02. The van der Waals surface area contributed by atoms with Gasteiger partial charge in [-0.2, -0.15) is 11.8 Å². The quantitative estimate of drug-likeness (QED) is 0.848. The molecule has 0 radical (unpaired) electrons. The molecule has 0 amide bonds. The Morgan fingerprint density at radius 3 is 2.81 bits per heavy atom. The number of hydrogen-bond acceptors (Lipinski definition) is 4. The van der Waals surface area contributed by atoms with E-state index >= 15 is 0 Å². The molecule has 1 heterocycles. The predicted molar refractivity (Wildman–Crippen MR) is 67.4 cm³/mol. The van der Waals surface area contributed by atoms with E-state index < -0.39 is 0 Å². The number of aryl methyl sites for hydroxylation is 1. The Bertz CT molecular complexity index is 330. The summed E-state index contributed by atoms with van der Waals surface area (Å²) in [5, 5.41) is 11.3. The zero-order valence-corrected chi connectivity index (χ0v) is 10.9. The molecule has 0 atom stereocenters. The van der Waals surface area contributed by atoms with Crippen molar-refractivity contribution in [1.82, 2.24) is 20.3 Å². The van der Waals surface area contributed by atoms with Crippen LogP contribution in [0, 0.1) is 0 Å². The summed E-state index contributed by atoms with van der Waals surface area (Å²) in [6.45, 7) is 1.96. The third kappa shape index (κ3) is 2.58. The van der Waals surface area contributed by atoms with Gasteiger partial charge in [-0.1, -0.05) is 18.1 Å². The maximum absolute atomic E-state index is 3.93. The lowest BCUT2D eigenvalue weighted by Gasteiger charge is -2.27. The molecule has 0 unspecified atom stereocenters. The maximum atomic E-state index is 3.93. The number of aromatic nitrogens is 3. The van der Waals surface area contributed by atoms with E-state index in [1.807, 2.05) is 29.7 Å². The fourth-order valence-electron chi connectivity index (χ4n) is 2.36. The van der Waals surface area contributed by atoms with Crippen molar-refractivity contribution < 1.29 is 0 Å². The van der Waals surface area contributed by atoms with E-state index in [9.17, 15) is 0 Å². The van der Waals surface area contributed by atoms with Gasteiger partial charge in [0.05, 0.1) is 11.9 Å². The largest absolute Gasteiger partial charge is 0.310 e. The first-order valence-electron chi connectivity index (χ1n) is 5.85. The number of rotatable bonds is 5. The third-order valence-corrected chi connectivity index (χ3v) is 4.93. The lowest BCUT2D eigenvalue weighted by Crippen LogP contribution is -2.35. The molecular formula is C11H20N4S. The average Bonchev–Trinajstić information content (AvgIpc) is 2.90. The maximum Gasteiger partial charge on any atom is 0.0738 e. The molecule has 16 heavy (non-hydrogen) atoms. The zero-order chi connectivity index (χ0) is 11.4. The number of hydrogen-bond donors (Lipinski definition) is 1. The summed E-state index contributed by atoms with van der Waals surface area (Å²) in [6.07, 6.45) is 9.53. The van der Waals surface area contributed by atoms with Gasteiger partial charge < -0.3 is 5.32 Å². The van der Waals surface area contributed by atoms with Gasteiger partial charge in [0.2, 0.25) is 0 Å². The van der Waals surface area contributed by atoms with Gasteiger partial charge in [0.25, 0.3) is 0 Å². The highest BCUT2D eigenvalue weighted by atomic mass is 32.2. The van der Waals surface area contributed by atoms with E-state index in [1.165, 1.54) is 25.7 Å². The monoisotopic (exact) mass is 240 g/mol. The van der Waals surface area contributed by atoms with Gasteiger partial charge in [0.15, 0.2) is 0 Å². The molecule has 0 spiro atoms. The first kappa shape index (κ1) is 11.9. The van der Waals surface area contributed by atoms with Gasteiger partial charge in [-0.05, 0) is 19.1 Å². The predicted octanol–water partition coefficient (Wildman–Crippen LogP) is 1.58. The molecule has 1 N–H and O–H groups in total. The fraction of sp³-hybridized carbons (Fsp3) is 0.818. The normalized spacial score (nSPS) is 19.1. The molecular weight excluding hydrogens is 220 g/mol. The minimum absolute atomic E-state index is 0.478. The van der Waals surface area contributed by atoms with E-state index in [0.29, 0.717) is 4.75 Å². The molecule has 5 heteroatoms. The summed E-state index contributed by atoms with van der Waals surface area (Å²) in [7, 11) is 1.93. The van der Waals surface area contributed by atoms with E-state index in [1.54, 1.807) is 0 Å². The van der Waals surface area contributed by atoms with Crippen LogP contribution in [0.25, 0.3) is 0 Å². The van der Waals surface area contributed by atoms with Gasteiger partial charge in [-0.25, -0.2) is 0 Å². The van der Waals surface area contributed by atoms with Crippen molar-refractivity contribution in [2.45, 2.75) is 37.0 Å². The molecule has 1 aliphatic rings. The van der Waals surface area contributed by atoms with Crippen LogP contribution in [0.3, 0.4) is 0 Å². The highest BCUT2D eigenvalue weighted by Crippen LogP contribution is 2.39. The van der Waals surface area contributed by atoms with Crippen LogP contribution in [0.15, 0.2) is 6.20 Å². The Hall–Kier alpha value is -0.550. The third-order valence-electron chi connectivity index (χ3n) is 3.51. The molecule has 1 saturated carbocycles. The van der Waals surface area contributed by atoms with Crippen LogP contribution < -0.4 is 5.32 Å². The van der Waals surface area contributed by atoms with Crippen LogP contribution in [-0.2, 0) is 13.6 Å². The standard InChI is InChI=1S/C11H20N4S/c1-15-10(8-13-14-15)7-12-9-11(16-2)5-3-4-6-11/h8,12H,3-7,9H2,1-2H3. The topological polar surface area (TPSA) is 42.7 Å². The highest BCUT2D eigenvalue weighted by molar-refractivity contribution is 8.00. The molecule has 90 valence electrons. The van der Waals surface area contributed by atoms with Crippen molar-refractivity contribution in [3.05, 3.63) is 11.9 Å². The van der Waals surface area contributed by atoms with Crippen molar-refractivity contribution in [2.75, 3.05) is 12.8 Å². The average molecular weight is 240 g/mol. The SMILES string of the molecule is CSC1(CNCc2cnnn2C)CCCC1. The first-order valence-corrected chi connectivity index (χ1v) is 7.08. The minimum Gasteiger partial charge on any atom is -0.310 e. The molecule has 1 aromatic rings. The summed E-state index contributed by atoms with van der Waals surface area (Å²) in [5.74, 6) is 0. The van der Waals surface area contributed by atoms with Crippen LogP contribution in [-0.4, -0.2) is 32.5 Å². The first-order chi connectivity index (χ1) is 7.76. The molecule has 2 rings (SSSR count). The van der Waals surface area contributed by atoms with E-state index in [0.717, 1.165) is 18.8 Å². The van der Waals surface area contributed by atoms with Crippen LogP contribution in [0.4, 0.5) is 0 Å². The highest BCUT2D eigenvalue weighted by Gasteiger charge is 2.32. The Balaban J connectivity index is 1.81. The fourth-order valence-corrected chi connectivity index (χ4v) is 3.31. The van der Waals surface area contributed by atoms with E-state index in [4.69, 9.17) is 0 Å². The van der Waals surface area contributed by atoms with Crippen molar-refractivity contribution >= 4 is 11.8 Å². The van der Waals surface area contributed by atoms with Crippen LogP contribution in [0.2, 0.25) is 0 Å². The van der Waals surface area contributed by atoms with Crippen LogP contribution >= 0.6 is 11.8 Å². The minimum atomic E-state index is 0.478. The number of thioether (sulfide) groups is 1. The Labute approximate surface area is 101 Å². The molecule has 0 aliphatic heterocycles. The van der Waals surface area contributed by atoms with E-state index in [-0.39, 0.29) is 0 Å². The number of nitrogens with one attached hydrogen (secondary N) is 1. The van der Waals surface area contributed by atoms with Gasteiger partial charge in [0, 0.05) is 24.9 Å². The second-order valence-corrected chi connectivity index (χ2v) is 5.82. The van der Waals surface area contributed by atoms with Gasteiger partial charge >= 0.3 is 0 Å². The Morgan fingerprint density at radius 2 is 2.25 bits per heavy atom.